The van der Waals surface area contributed by atoms with Crippen LogP contribution in [0.2, 0.25) is 4.34 Å². The molecule has 25 heavy (non-hydrogen) atoms. The lowest BCUT2D eigenvalue weighted by molar-refractivity contribution is -0.137. The summed E-state index contributed by atoms with van der Waals surface area (Å²) < 4.78 is 39.2. The van der Waals surface area contributed by atoms with Crippen molar-refractivity contribution in [3.05, 3.63) is 75.6 Å². The molecule has 0 unspecified atom stereocenters. The third kappa shape index (κ3) is 3.41. The Morgan fingerprint density at radius 2 is 1.72 bits per heavy atom. The first-order valence-electron chi connectivity index (χ1n) is 7.14. The maximum Gasteiger partial charge on any atom is 0.416 e. The van der Waals surface area contributed by atoms with Crippen molar-refractivity contribution in [2.24, 2.45) is 0 Å². The third-order valence-electron chi connectivity index (χ3n) is 3.63. The lowest BCUT2D eigenvalue weighted by Gasteiger charge is -2.10. The van der Waals surface area contributed by atoms with E-state index in [1.807, 2.05) is 0 Å². The molecule has 0 saturated carbocycles. The van der Waals surface area contributed by atoms with Crippen molar-refractivity contribution in [3.8, 4) is 11.1 Å². The van der Waals surface area contributed by atoms with Gasteiger partial charge in [0.05, 0.1) is 16.1 Å². The fourth-order valence-electron chi connectivity index (χ4n) is 2.49. The van der Waals surface area contributed by atoms with Gasteiger partial charge >= 0.3 is 6.18 Å². The molecule has 3 rings (SSSR count). The quantitative estimate of drug-likeness (QED) is 0.574. The zero-order chi connectivity index (χ0) is 18.2. The van der Waals surface area contributed by atoms with Crippen molar-refractivity contribution in [2.45, 2.75) is 6.18 Å². The van der Waals surface area contributed by atoms with Crippen molar-refractivity contribution in [1.82, 2.24) is 0 Å². The molecule has 0 aliphatic rings. The number of nitrogens with two attached hydrogens (primary N) is 1. The molecule has 2 N–H and O–H groups in total. The topological polar surface area (TPSA) is 43.1 Å². The minimum absolute atomic E-state index is 0.125. The monoisotopic (exact) mass is 381 g/mol. The number of hydrogen-bond donors (Lipinski definition) is 1. The predicted molar refractivity (Wildman–Crippen MR) is 94.1 cm³/mol. The van der Waals surface area contributed by atoms with Gasteiger partial charge in [0.15, 0.2) is 5.78 Å². The second-order valence-corrected chi connectivity index (χ2v) is 6.92. The number of carbonyl (C=O) groups excluding carboxylic acids is 1. The normalized spacial score (nSPS) is 11.5. The van der Waals surface area contributed by atoms with E-state index in [0.717, 1.165) is 23.5 Å². The fourth-order valence-corrected chi connectivity index (χ4v) is 3.75. The van der Waals surface area contributed by atoms with E-state index in [0.29, 0.717) is 5.56 Å². The molecule has 0 radical (unpaired) electrons. The Kier molecular flexibility index (Phi) is 4.58. The van der Waals surface area contributed by atoms with E-state index < -0.39 is 11.7 Å². The van der Waals surface area contributed by atoms with Crippen LogP contribution in [-0.2, 0) is 6.18 Å². The van der Waals surface area contributed by atoms with E-state index in [4.69, 9.17) is 17.3 Å². The van der Waals surface area contributed by atoms with Gasteiger partial charge in [0.25, 0.3) is 0 Å². The highest BCUT2D eigenvalue weighted by molar-refractivity contribution is 7.20. The summed E-state index contributed by atoms with van der Waals surface area (Å²) in [5.74, 6) is -0.381. The van der Waals surface area contributed by atoms with E-state index in [1.165, 1.54) is 12.1 Å². The Balaban J connectivity index is 2.17. The molecule has 128 valence electrons. The summed E-state index contributed by atoms with van der Waals surface area (Å²) in [4.78, 5) is 12.8. The summed E-state index contributed by atoms with van der Waals surface area (Å²) in [7, 11) is 0. The molecule has 2 aromatic carbocycles. The molecule has 0 atom stereocenters. The Hall–Kier alpha value is -2.31. The van der Waals surface area contributed by atoms with Crippen LogP contribution in [-0.4, -0.2) is 5.78 Å². The first-order valence-corrected chi connectivity index (χ1v) is 8.33. The van der Waals surface area contributed by atoms with Crippen LogP contribution >= 0.6 is 22.9 Å². The zero-order valence-electron chi connectivity index (χ0n) is 12.6. The summed E-state index contributed by atoms with van der Waals surface area (Å²) >= 11 is 7.16. The van der Waals surface area contributed by atoms with Crippen molar-refractivity contribution in [3.63, 3.8) is 0 Å². The van der Waals surface area contributed by atoms with Gasteiger partial charge in [-0.15, -0.1) is 11.3 Å². The van der Waals surface area contributed by atoms with Crippen LogP contribution in [0.4, 0.5) is 18.2 Å². The summed E-state index contributed by atoms with van der Waals surface area (Å²) in [5.41, 5.74) is 6.06. The van der Waals surface area contributed by atoms with Crippen molar-refractivity contribution < 1.29 is 18.0 Å². The average molecular weight is 382 g/mol. The van der Waals surface area contributed by atoms with Gasteiger partial charge in [0.1, 0.15) is 4.34 Å². The van der Waals surface area contributed by atoms with Crippen LogP contribution < -0.4 is 5.73 Å². The maximum absolute atomic E-state index is 13.0. The summed E-state index contributed by atoms with van der Waals surface area (Å²) in [6.45, 7) is 0. The number of anilines is 1. The number of nitrogen functional groups attached to an aromatic ring is 1. The molecule has 3 aromatic rings. The molecule has 7 heteroatoms. The molecule has 0 spiro atoms. The van der Waals surface area contributed by atoms with E-state index in [2.05, 4.69) is 0 Å². The van der Waals surface area contributed by atoms with Gasteiger partial charge in [-0.05, 0) is 17.7 Å². The highest BCUT2D eigenvalue weighted by Gasteiger charge is 2.31. The molecule has 0 bridgehead atoms. The number of hydrogen-bond acceptors (Lipinski definition) is 3. The number of benzene rings is 2. The number of alkyl halides is 3. The van der Waals surface area contributed by atoms with Gasteiger partial charge in [0.2, 0.25) is 0 Å². The van der Waals surface area contributed by atoms with Crippen molar-refractivity contribution in [1.29, 1.82) is 0 Å². The van der Waals surface area contributed by atoms with Gasteiger partial charge in [-0.25, -0.2) is 0 Å². The van der Waals surface area contributed by atoms with E-state index in [-0.39, 0.29) is 31.8 Å². The van der Waals surface area contributed by atoms with Gasteiger partial charge in [-0.2, -0.15) is 13.2 Å². The van der Waals surface area contributed by atoms with Crippen LogP contribution in [0, 0.1) is 0 Å². The SMILES string of the molecule is Nc1sc(Cl)c(-c2cccc(C(F)(F)F)c2)c1C(=O)c1ccccc1. The van der Waals surface area contributed by atoms with E-state index in [1.54, 1.807) is 30.3 Å². The predicted octanol–water partition coefficient (Wildman–Crippen LogP) is 5.90. The van der Waals surface area contributed by atoms with Crippen LogP contribution in [0.15, 0.2) is 54.6 Å². The largest absolute Gasteiger partial charge is 0.416 e. The zero-order valence-corrected chi connectivity index (χ0v) is 14.2. The molecular formula is C18H11ClF3NOS. The standard InChI is InChI=1S/C18H11ClF3NOS/c19-16-13(11-7-4-8-12(9-11)18(20,21)22)14(17(23)25-16)15(24)10-5-2-1-3-6-10/h1-9H,23H2. The van der Waals surface area contributed by atoms with Gasteiger partial charge in [0, 0.05) is 11.1 Å². The summed E-state index contributed by atoms with van der Waals surface area (Å²) in [6.07, 6.45) is -4.49. The molecule has 0 amide bonds. The molecule has 1 aromatic heterocycles. The van der Waals surface area contributed by atoms with Crippen molar-refractivity contribution in [2.75, 3.05) is 5.73 Å². The second kappa shape index (κ2) is 6.54. The van der Waals surface area contributed by atoms with Gasteiger partial charge < -0.3 is 5.73 Å². The molecule has 0 aliphatic heterocycles. The van der Waals surface area contributed by atoms with Crippen LogP contribution in [0.3, 0.4) is 0 Å². The Morgan fingerprint density at radius 3 is 2.36 bits per heavy atom. The minimum atomic E-state index is -4.49. The average Bonchev–Trinajstić information content (AvgIpc) is 2.88. The highest BCUT2D eigenvalue weighted by atomic mass is 35.5. The van der Waals surface area contributed by atoms with Crippen LogP contribution in [0.25, 0.3) is 11.1 Å². The van der Waals surface area contributed by atoms with Gasteiger partial charge in [-0.3, -0.25) is 4.79 Å². The molecule has 0 saturated heterocycles. The number of rotatable bonds is 3. The first-order chi connectivity index (χ1) is 11.8. The van der Waals surface area contributed by atoms with Crippen molar-refractivity contribution >= 4 is 33.7 Å². The first kappa shape index (κ1) is 17.5. The molecule has 2 nitrogen and oxygen atoms in total. The Morgan fingerprint density at radius 1 is 1.04 bits per heavy atom. The fraction of sp³-hybridized carbons (Fsp3) is 0.0556. The number of thiophene rings is 1. The lowest BCUT2D eigenvalue weighted by Crippen LogP contribution is -2.06. The summed E-state index contributed by atoms with van der Waals surface area (Å²) in [6, 6.07) is 13.1. The van der Waals surface area contributed by atoms with Crippen LogP contribution in [0.5, 0.6) is 0 Å². The second-order valence-electron chi connectivity index (χ2n) is 5.26. The third-order valence-corrected chi connectivity index (χ3v) is 4.86. The number of halogens is 4. The maximum atomic E-state index is 13.0. The van der Waals surface area contributed by atoms with E-state index >= 15 is 0 Å². The summed E-state index contributed by atoms with van der Waals surface area (Å²) in [5, 5.41) is 0.172. The minimum Gasteiger partial charge on any atom is -0.390 e. The smallest absolute Gasteiger partial charge is 0.390 e. The van der Waals surface area contributed by atoms with Crippen LogP contribution in [0.1, 0.15) is 21.5 Å². The van der Waals surface area contributed by atoms with Gasteiger partial charge in [-0.1, -0.05) is 54.1 Å². The molecule has 0 fully saturated rings. The Bertz CT molecular complexity index is 935. The highest BCUT2D eigenvalue weighted by Crippen LogP contribution is 2.44. The van der Waals surface area contributed by atoms with E-state index in [9.17, 15) is 18.0 Å². The number of ketones is 1. The molecular weight excluding hydrogens is 371 g/mol. The number of carbonyl (C=O) groups is 1. The Labute approximate surface area is 150 Å². The molecule has 1 heterocycles. The molecule has 0 aliphatic carbocycles. The lowest BCUT2D eigenvalue weighted by atomic mass is 9.96.